The third-order valence-corrected chi connectivity index (χ3v) is 2.79. The van der Waals surface area contributed by atoms with Crippen LogP contribution >= 0.6 is 11.6 Å². The van der Waals surface area contributed by atoms with E-state index in [4.69, 9.17) is 11.6 Å². The zero-order chi connectivity index (χ0) is 12.3. The molecular formula is C12H20ClN3. The number of nitrogens with zero attached hydrogens (tertiary/aromatic N) is 3. The first kappa shape index (κ1) is 13.2. The van der Waals surface area contributed by atoms with E-state index in [1.165, 1.54) is 0 Å². The molecule has 3 nitrogen and oxygen atoms in total. The van der Waals surface area contributed by atoms with Gasteiger partial charge in [-0.3, -0.25) is 0 Å². The quantitative estimate of drug-likeness (QED) is 0.759. The molecule has 0 fully saturated rings. The zero-order valence-corrected chi connectivity index (χ0v) is 11.5. The summed E-state index contributed by atoms with van der Waals surface area (Å²) >= 11 is 6.10. The lowest BCUT2D eigenvalue weighted by molar-refractivity contribution is 0.632. The molecule has 1 aromatic heterocycles. The van der Waals surface area contributed by atoms with Crippen LogP contribution in [0.15, 0.2) is 0 Å². The van der Waals surface area contributed by atoms with Crippen LogP contribution in [0, 0.1) is 12.8 Å². The molecule has 0 aliphatic rings. The van der Waals surface area contributed by atoms with Gasteiger partial charge in [-0.25, -0.2) is 9.97 Å². The summed E-state index contributed by atoms with van der Waals surface area (Å²) in [6.07, 6.45) is 0.808. The summed E-state index contributed by atoms with van der Waals surface area (Å²) in [7, 11) is 2.05. The van der Waals surface area contributed by atoms with Gasteiger partial charge in [-0.1, -0.05) is 32.4 Å². The van der Waals surface area contributed by atoms with E-state index >= 15 is 0 Å². The van der Waals surface area contributed by atoms with E-state index < -0.39 is 0 Å². The van der Waals surface area contributed by atoms with E-state index in [2.05, 4.69) is 28.7 Å². The Balaban J connectivity index is 3.06. The van der Waals surface area contributed by atoms with Crippen molar-refractivity contribution in [2.75, 3.05) is 18.5 Å². The fourth-order valence-corrected chi connectivity index (χ4v) is 1.87. The second-order valence-corrected chi connectivity index (χ2v) is 4.87. The van der Waals surface area contributed by atoms with Crippen LogP contribution in [0.4, 0.5) is 5.82 Å². The molecule has 1 heterocycles. The number of anilines is 1. The molecular weight excluding hydrogens is 222 g/mol. The number of hydrogen-bond acceptors (Lipinski definition) is 3. The molecule has 0 aliphatic heterocycles. The second kappa shape index (κ2) is 5.48. The largest absolute Gasteiger partial charge is 0.359 e. The number of rotatable bonds is 4. The maximum Gasteiger partial charge on any atom is 0.137 e. The third-order valence-electron chi connectivity index (χ3n) is 2.42. The van der Waals surface area contributed by atoms with Crippen LogP contribution in [0.1, 0.15) is 32.2 Å². The first-order valence-electron chi connectivity index (χ1n) is 5.69. The molecule has 0 saturated heterocycles. The monoisotopic (exact) mass is 241 g/mol. The van der Waals surface area contributed by atoms with Gasteiger partial charge in [0.2, 0.25) is 0 Å². The average Bonchev–Trinajstić information content (AvgIpc) is 2.20. The summed E-state index contributed by atoms with van der Waals surface area (Å²) in [6, 6.07) is 0. The standard InChI is InChI=1S/C12H20ClN3/c1-6-10-14-11(13)9(4)12(15-10)16(5)7-8(2)3/h8H,6-7H2,1-5H3. The highest BCUT2D eigenvalue weighted by atomic mass is 35.5. The van der Waals surface area contributed by atoms with Gasteiger partial charge >= 0.3 is 0 Å². The van der Waals surface area contributed by atoms with E-state index in [1.807, 2.05) is 20.9 Å². The highest BCUT2D eigenvalue weighted by Crippen LogP contribution is 2.23. The fraction of sp³-hybridized carbons (Fsp3) is 0.667. The second-order valence-electron chi connectivity index (χ2n) is 4.51. The molecule has 0 bridgehead atoms. The maximum atomic E-state index is 6.10. The number of aryl methyl sites for hydroxylation is 1. The number of aromatic nitrogens is 2. The van der Waals surface area contributed by atoms with Crippen molar-refractivity contribution in [3.8, 4) is 0 Å². The Kier molecular flexibility index (Phi) is 4.54. The summed E-state index contributed by atoms with van der Waals surface area (Å²) in [5.41, 5.74) is 0.960. The Hall–Kier alpha value is -0.830. The van der Waals surface area contributed by atoms with E-state index in [0.717, 1.165) is 30.2 Å². The first-order valence-corrected chi connectivity index (χ1v) is 6.07. The summed E-state index contributed by atoms with van der Waals surface area (Å²) in [4.78, 5) is 10.9. The minimum atomic E-state index is 0.567. The van der Waals surface area contributed by atoms with Crippen LogP contribution in [0.25, 0.3) is 0 Å². The Morgan fingerprint density at radius 3 is 2.44 bits per heavy atom. The van der Waals surface area contributed by atoms with Crippen molar-refractivity contribution in [3.63, 3.8) is 0 Å². The molecule has 0 spiro atoms. The maximum absolute atomic E-state index is 6.10. The van der Waals surface area contributed by atoms with Crippen LogP contribution in [0.3, 0.4) is 0 Å². The van der Waals surface area contributed by atoms with Crippen LogP contribution in [-0.2, 0) is 6.42 Å². The lowest BCUT2D eigenvalue weighted by Crippen LogP contribution is -2.25. The molecule has 0 aliphatic carbocycles. The van der Waals surface area contributed by atoms with Crippen molar-refractivity contribution in [1.29, 1.82) is 0 Å². The van der Waals surface area contributed by atoms with Gasteiger partial charge in [-0.15, -0.1) is 0 Å². The molecule has 1 aromatic rings. The van der Waals surface area contributed by atoms with Crippen LogP contribution in [0.2, 0.25) is 5.15 Å². The summed E-state index contributed by atoms with van der Waals surface area (Å²) in [5, 5.41) is 0.567. The Bertz CT molecular complexity index is 364. The minimum Gasteiger partial charge on any atom is -0.359 e. The van der Waals surface area contributed by atoms with Crippen molar-refractivity contribution in [2.45, 2.75) is 34.1 Å². The van der Waals surface area contributed by atoms with Crippen LogP contribution in [0.5, 0.6) is 0 Å². The first-order chi connectivity index (χ1) is 7.45. The summed E-state index contributed by atoms with van der Waals surface area (Å²) in [6.45, 7) is 9.35. The van der Waals surface area contributed by atoms with Gasteiger partial charge in [0.25, 0.3) is 0 Å². The van der Waals surface area contributed by atoms with Gasteiger partial charge < -0.3 is 4.90 Å². The molecule has 90 valence electrons. The minimum absolute atomic E-state index is 0.567. The molecule has 16 heavy (non-hydrogen) atoms. The molecule has 0 saturated carbocycles. The lowest BCUT2D eigenvalue weighted by atomic mass is 10.2. The Morgan fingerprint density at radius 1 is 1.31 bits per heavy atom. The highest BCUT2D eigenvalue weighted by molar-refractivity contribution is 6.30. The van der Waals surface area contributed by atoms with Crippen LogP contribution < -0.4 is 4.90 Å². The molecule has 0 aromatic carbocycles. The van der Waals surface area contributed by atoms with Gasteiger partial charge in [0.15, 0.2) is 0 Å². The zero-order valence-electron chi connectivity index (χ0n) is 10.7. The van der Waals surface area contributed by atoms with Crippen molar-refractivity contribution in [2.24, 2.45) is 5.92 Å². The van der Waals surface area contributed by atoms with E-state index in [0.29, 0.717) is 11.1 Å². The molecule has 0 unspecified atom stereocenters. The number of halogens is 1. The predicted octanol–water partition coefficient (Wildman–Crippen LogP) is 3.09. The van der Waals surface area contributed by atoms with E-state index in [1.54, 1.807) is 0 Å². The van der Waals surface area contributed by atoms with E-state index in [9.17, 15) is 0 Å². The molecule has 0 radical (unpaired) electrons. The average molecular weight is 242 g/mol. The van der Waals surface area contributed by atoms with Gasteiger partial charge in [0, 0.05) is 25.6 Å². The van der Waals surface area contributed by atoms with Crippen molar-refractivity contribution in [3.05, 3.63) is 16.5 Å². The summed E-state index contributed by atoms with van der Waals surface area (Å²) < 4.78 is 0. The predicted molar refractivity (Wildman–Crippen MR) is 69.3 cm³/mol. The van der Waals surface area contributed by atoms with Gasteiger partial charge in [-0.2, -0.15) is 0 Å². The third kappa shape index (κ3) is 3.08. The fourth-order valence-electron chi connectivity index (χ4n) is 1.68. The molecule has 0 atom stereocenters. The highest BCUT2D eigenvalue weighted by Gasteiger charge is 2.13. The molecule has 1 rings (SSSR count). The van der Waals surface area contributed by atoms with Gasteiger partial charge in [-0.05, 0) is 12.8 Å². The Labute approximate surface area is 103 Å². The molecule has 0 amide bonds. The topological polar surface area (TPSA) is 29.0 Å². The smallest absolute Gasteiger partial charge is 0.137 e. The van der Waals surface area contributed by atoms with Crippen LogP contribution in [-0.4, -0.2) is 23.6 Å². The summed E-state index contributed by atoms with van der Waals surface area (Å²) in [5.74, 6) is 2.36. The Morgan fingerprint density at radius 2 is 1.94 bits per heavy atom. The van der Waals surface area contributed by atoms with Crippen molar-refractivity contribution < 1.29 is 0 Å². The molecule has 4 heteroatoms. The van der Waals surface area contributed by atoms with Crippen molar-refractivity contribution in [1.82, 2.24) is 9.97 Å². The van der Waals surface area contributed by atoms with Crippen molar-refractivity contribution >= 4 is 17.4 Å². The molecule has 0 N–H and O–H groups in total. The number of hydrogen-bond donors (Lipinski definition) is 0. The van der Waals surface area contributed by atoms with Gasteiger partial charge in [0.1, 0.15) is 16.8 Å². The lowest BCUT2D eigenvalue weighted by Gasteiger charge is -2.22. The van der Waals surface area contributed by atoms with E-state index in [-0.39, 0.29) is 0 Å². The SMILES string of the molecule is CCc1nc(Cl)c(C)c(N(C)CC(C)C)n1. The van der Waals surface area contributed by atoms with Gasteiger partial charge in [0.05, 0.1) is 0 Å². The normalized spacial score (nSPS) is 10.9.